The Morgan fingerprint density at radius 1 is 1.40 bits per heavy atom. The fraction of sp³-hybridized carbons (Fsp3) is 0.636. The van der Waals surface area contributed by atoms with Crippen molar-refractivity contribution in [1.29, 1.82) is 0 Å². The highest BCUT2D eigenvalue weighted by molar-refractivity contribution is 9.09. The Balaban J connectivity index is 2.43. The monoisotopic (exact) mass is 271 g/mol. The summed E-state index contributed by atoms with van der Waals surface area (Å²) in [5, 5.41) is 3.31. The van der Waals surface area contributed by atoms with Crippen molar-refractivity contribution in [2.45, 2.75) is 38.4 Å². The Hall–Kier alpha value is -0.640. The molecule has 1 aromatic heterocycles. The zero-order valence-electron chi connectivity index (χ0n) is 9.55. The van der Waals surface area contributed by atoms with Gasteiger partial charge in [0.25, 0.3) is 0 Å². The molecule has 0 radical (unpaired) electrons. The lowest BCUT2D eigenvalue weighted by Crippen LogP contribution is -2.09. The Morgan fingerprint density at radius 2 is 2.13 bits per heavy atom. The topological polar surface area (TPSA) is 37.8 Å². The summed E-state index contributed by atoms with van der Waals surface area (Å²) in [6.45, 7) is 7.02. The van der Waals surface area contributed by atoms with E-state index < -0.39 is 0 Å². The van der Waals surface area contributed by atoms with E-state index >= 15 is 0 Å². The van der Waals surface area contributed by atoms with Gasteiger partial charge in [0.1, 0.15) is 11.6 Å². The molecular formula is C11H18BrN3. The number of alkyl halides is 1. The zero-order chi connectivity index (χ0) is 11.3. The Kier molecular flexibility index (Phi) is 5.02. The van der Waals surface area contributed by atoms with Crippen LogP contribution < -0.4 is 5.32 Å². The molecule has 0 aliphatic heterocycles. The maximum Gasteiger partial charge on any atom is 0.129 e. The Labute approximate surface area is 99.8 Å². The van der Waals surface area contributed by atoms with Crippen LogP contribution >= 0.6 is 15.9 Å². The van der Waals surface area contributed by atoms with Crippen molar-refractivity contribution in [3.63, 3.8) is 0 Å². The fourth-order valence-electron chi connectivity index (χ4n) is 1.37. The molecule has 84 valence electrons. The number of aromatic nitrogens is 2. The van der Waals surface area contributed by atoms with E-state index in [2.05, 4.69) is 38.1 Å². The number of nitrogens with one attached hydrogen (secondary N) is 1. The summed E-state index contributed by atoms with van der Waals surface area (Å²) in [6, 6.07) is 1.97. The van der Waals surface area contributed by atoms with Gasteiger partial charge in [-0.25, -0.2) is 9.97 Å². The van der Waals surface area contributed by atoms with E-state index in [1.165, 1.54) is 0 Å². The van der Waals surface area contributed by atoms with Crippen LogP contribution in [0, 0.1) is 13.8 Å². The van der Waals surface area contributed by atoms with E-state index in [1.807, 2.05) is 19.9 Å². The highest BCUT2D eigenvalue weighted by atomic mass is 79.9. The number of hydrogen-bond donors (Lipinski definition) is 1. The standard InChI is InChI=1S/C11H18BrN3/c1-4-10(12)5-6-13-11-7-8(2)14-9(3)15-11/h7,10H,4-6H2,1-3H3,(H,13,14,15). The Morgan fingerprint density at radius 3 is 2.73 bits per heavy atom. The molecule has 15 heavy (non-hydrogen) atoms. The highest BCUT2D eigenvalue weighted by Gasteiger charge is 2.01. The lowest BCUT2D eigenvalue weighted by atomic mass is 10.2. The van der Waals surface area contributed by atoms with Crippen molar-refractivity contribution in [3.8, 4) is 0 Å². The van der Waals surface area contributed by atoms with Crippen molar-refractivity contribution in [3.05, 3.63) is 17.6 Å². The van der Waals surface area contributed by atoms with Crippen LogP contribution in [0.3, 0.4) is 0 Å². The summed E-state index contributed by atoms with van der Waals surface area (Å²) in [5.74, 6) is 1.75. The first-order chi connectivity index (χ1) is 7.11. The van der Waals surface area contributed by atoms with Gasteiger partial charge in [0.15, 0.2) is 0 Å². The summed E-state index contributed by atoms with van der Waals surface area (Å²) in [6.07, 6.45) is 2.27. The first kappa shape index (κ1) is 12.4. The number of nitrogens with zero attached hydrogens (tertiary/aromatic N) is 2. The van der Waals surface area contributed by atoms with Gasteiger partial charge in [-0.2, -0.15) is 0 Å². The lowest BCUT2D eigenvalue weighted by molar-refractivity contribution is 0.772. The maximum atomic E-state index is 4.32. The number of halogens is 1. The lowest BCUT2D eigenvalue weighted by Gasteiger charge is -2.09. The van der Waals surface area contributed by atoms with Crippen LogP contribution in [0.4, 0.5) is 5.82 Å². The predicted molar refractivity (Wildman–Crippen MR) is 67.6 cm³/mol. The quantitative estimate of drug-likeness (QED) is 0.837. The van der Waals surface area contributed by atoms with Crippen LogP contribution in [-0.2, 0) is 0 Å². The van der Waals surface area contributed by atoms with E-state index in [1.54, 1.807) is 0 Å². The number of aryl methyl sites for hydroxylation is 2. The SMILES string of the molecule is CCC(Br)CCNc1cc(C)nc(C)n1. The summed E-state index contributed by atoms with van der Waals surface area (Å²) >= 11 is 3.61. The van der Waals surface area contributed by atoms with Gasteiger partial charge in [-0.15, -0.1) is 0 Å². The molecule has 1 rings (SSSR count). The molecule has 0 aromatic carbocycles. The summed E-state index contributed by atoms with van der Waals surface area (Å²) in [7, 11) is 0. The molecule has 4 heteroatoms. The van der Waals surface area contributed by atoms with Gasteiger partial charge in [0.05, 0.1) is 0 Å². The summed E-state index contributed by atoms with van der Waals surface area (Å²) in [4.78, 5) is 9.14. The third-order valence-electron chi connectivity index (χ3n) is 2.17. The van der Waals surface area contributed by atoms with Crippen LogP contribution in [-0.4, -0.2) is 21.3 Å². The predicted octanol–water partition coefficient (Wildman–Crippen LogP) is 3.07. The van der Waals surface area contributed by atoms with Gasteiger partial charge >= 0.3 is 0 Å². The molecule has 0 aliphatic rings. The number of anilines is 1. The molecule has 0 bridgehead atoms. The normalized spacial score (nSPS) is 12.5. The van der Waals surface area contributed by atoms with Crippen molar-refractivity contribution < 1.29 is 0 Å². The zero-order valence-corrected chi connectivity index (χ0v) is 11.1. The molecular weight excluding hydrogens is 254 g/mol. The number of rotatable bonds is 5. The fourth-order valence-corrected chi connectivity index (χ4v) is 1.60. The average Bonchev–Trinajstić information content (AvgIpc) is 2.16. The average molecular weight is 272 g/mol. The van der Waals surface area contributed by atoms with Gasteiger partial charge < -0.3 is 5.32 Å². The van der Waals surface area contributed by atoms with E-state index in [4.69, 9.17) is 0 Å². The van der Waals surface area contributed by atoms with Gasteiger partial charge in [-0.1, -0.05) is 22.9 Å². The molecule has 0 spiro atoms. The molecule has 1 heterocycles. The third-order valence-corrected chi connectivity index (χ3v) is 3.28. The van der Waals surface area contributed by atoms with E-state index in [-0.39, 0.29) is 0 Å². The smallest absolute Gasteiger partial charge is 0.129 e. The highest BCUT2D eigenvalue weighted by Crippen LogP contribution is 2.10. The van der Waals surface area contributed by atoms with Crippen LogP contribution in [0.15, 0.2) is 6.07 Å². The molecule has 0 saturated carbocycles. The summed E-state index contributed by atoms with van der Waals surface area (Å²) in [5.41, 5.74) is 1.01. The largest absolute Gasteiger partial charge is 0.370 e. The molecule has 0 saturated heterocycles. The molecule has 3 nitrogen and oxygen atoms in total. The molecule has 1 unspecified atom stereocenters. The molecule has 0 fully saturated rings. The second-order valence-electron chi connectivity index (χ2n) is 3.66. The van der Waals surface area contributed by atoms with Crippen molar-refractivity contribution >= 4 is 21.7 Å². The Bertz CT molecular complexity index is 294. The molecule has 0 amide bonds. The first-order valence-corrected chi connectivity index (χ1v) is 6.23. The molecule has 1 aromatic rings. The van der Waals surface area contributed by atoms with Gasteiger partial charge in [-0.3, -0.25) is 0 Å². The first-order valence-electron chi connectivity index (χ1n) is 5.32. The van der Waals surface area contributed by atoms with Gasteiger partial charge in [0.2, 0.25) is 0 Å². The minimum Gasteiger partial charge on any atom is -0.370 e. The molecule has 1 atom stereocenters. The molecule has 0 aliphatic carbocycles. The van der Waals surface area contributed by atoms with Crippen LogP contribution in [0.2, 0.25) is 0 Å². The minimum atomic E-state index is 0.592. The van der Waals surface area contributed by atoms with E-state index in [9.17, 15) is 0 Å². The third kappa shape index (κ3) is 4.60. The van der Waals surface area contributed by atoms with Crippen LogP contribution in [0.25, 0.3) is 0 Å². The maximum absolute atomic E-state index is 4.32. The van der Waals surface area contributed by atoms with Crippen LogP contribution in [0.1, 0.15) is 31.3 Å². The van der Waals surface area contributed by atoms with Gasteiger partial charge in [-0.05, 0) is 26.7 Å². The van der Waals surface area contributed by atoms with Gasteiger partial charge in [0, 0.05) is 23.1 Å². The number of hydrogen-bond acceptors (Lipinski definition) is 3. The van der Waals surface area contributed by atoms with Crippen molar-refractivity contribution in [2.75, 3.05) is 11.9 Å². The second-order valence-corrected chi connectivity index (χ2v) is 4.96. The van der Waals surface area contributed by atoms with Crippen LogP contribution in [0.5, 0.6) is 0 Å². The summed E-state index contributed by atoms with van der Waals surface area (Å²) < 4.78 is 0. The minimum absolute atomic E-state index is 0.592. The molecule has 1 N–H and O–H groups in total. The van der Waals surface area contributed by atoms with Crippen molar-refractivity contribution in [1.82, 2.24) is 9.97 Å². The van der Waals surface area contributed by atoms with Crippen molar-refractivity contribution in [2.24, 2.45) is 0 Å². The van der Waals surface area contributed by atoms with E-state index in [0.717, 1.165) is 36.7 Å². The second kappa shape index (κ2) is 6.05. The van der Waals surface area contributed by atoms with E-state index in [0.29, 0.717) is 4.83 Å².